The number of allylic oxidation sites excluding steroid dienone is 1. The zero-order valence-corrected chi connectivity index (χ0v) is 10.7. The van der Waals surface area contributed by atoms with E-state index in [1.165, 1.54) is 28.8 Å². The SMILES string of the molecule is Cc1ccc2c(n1)C(=Cc1ccccc1)CCC2. The van der Waals surface area contributed by atoms with E-state index in [0.29, 0.717) is 0 Å². The summed E-state index contributed by atoms with van der Waals surface area (Å²) in [5, 5.41) is 0. The average molecular weight is 235 g/mol. The number of hydrogen-bond donors (Lipinski definition) is 0. The third-order valence-corrected chi connectivity index (χ3v) is 3.45. The molecule has 0 unspecified atom stereocenters. The predicted molar refractivity (Wildman–Crippen MR) is 76.2 cm³/mol. The Morgan fingerprint density at radius 3 is 2.67 bits per heavy atom. The van der Waals surface area contributed by atoms with Crippen molar-refractivity contribution in [2.24, 2.45) is 0 Å². The topological polar surface area (TPSA) is 12.9 Å². The van der Waals surface area contributed by atoms with Gasteiger partial charge >= 0.3 is 0 Å². The van der Waals surface area contributed by atoms with E-state index >= 15 is 0 Å². The summed E-state index contributed by atoms with van der Waals surface area (Å²) in [4.78, 5) is 4.72. The van der Waals surface area contributed by atoms with Crippen molar-refractivity contribution in [2.75, 3.05) is 0 Å². The van der Waals surface area contributed by atoms with Gasteiger partial charge in [-0.25, -0.2) is 0 Å². The van der Waals surface area contributed by atoms with E-state index in [4.69, 9.17) is 4.98 Å². The molecule has 3 rings (SSSR count). The third-order valence-electron chi connectivity index (χ3n) is 3.45. The summed E-state index contributed by atoms with van der Waals surface area (Å²) >= 11 is 0. The Kier molecular flexibility index (Phi) is 2.97. The fraction of sp³-hybridized carbons (Fsp3) is 0.235. The maximum absolute atomic E-state index is 4.72. The van der Waals surface area contributed by atoms with Crippen molar-refractivity contribution >= 4 is 11.6 Å². The molecule has 0 amide bonds. The number of nitrogens with zero attached hydrogens (tertiary/aromatic N) is 1. The van der Waals surface area contributed by atoms with Gasteiger partial charge in [0.25, 0.3) is 0 Å². The fourth-order valence-corrected chi connectivity index (χ4v) is 2.54. The van der Waals surface area contributed by atoms with Crippen LogP contribution in [0.2, 0.25) is 0 Å². The molecule has 1 nitrogen and oxygen atoms in total. The normalized spacial score (nSPS) is 16.6. The van der Waals surface area contributed by atoms with Crippen LogP contribution in [0.4, 0.5) is 0 Å². The highest BCUT2D eigenvalue weighted by molar-refractivity contribution is 5.82. The number of benzene rings is 1. The van der Waals surface area contributed by atoms with E-state index in [1.807, 2.05) is 0 Å². The van der Waals surface area contributed by atoms with E-state index < -0.39 is 0 Å². The Morgan fingerprint density at radius 1 is 1.00 bits per heavy atom. The average Bonchev–Trinajstić information content (AvgIpc) is 2.41. The lowest BCUT2D eigenvalue weighted by Crippen LogP contribution is -2.05. The predicted octanol–water partition coefficient (Wildman–Crippen LogP) is 4.27. The van der Waals surface area contributed by atoms with Gasteiger partial charge < -0.3 is 0 Å². The third kappa shape index (κ3) is 2.21. The lowest BCUT2D eigenvalue weighted by Gasteiger charge is -2.18. The van der Waals surface area contributed by atoms with Gasteiger partial charge in [-0.15, -0.1) is 0 Å². The van der Waals surface area contributed by atoms with E-state index in [0.717, 1.165) is 18.5 Å². The summed E-state index contributed by atoms with van der Waals surface area (Å²) in [5.74, 6) is 0. The largest absolute Gasteiger partial charge is 0.253 e. The maximum atomic E-state index is 4.72. The van der Waals surface area contributed by atoms with Crippen LogP contribution in [0.1, 0.15) is 35.4 Å². The Hall–Kier alpha value is -1.89. The maximum Gasteiger partial charge on any atom is 0.0696 e. The van der Waals surface area contributed by atoms with E-state index in [-0.39, 0.29) is 0 Å². The molecule has 0 saturated heterocycles. The van der Waals surface area contributed by atoms with Crippen LogP contribution >= 0.6 is 0 Å². The number of aromatic nitrogens is 1. The van der Waals surface area contributed by atoms with E-state index in [9.17, 15) is 0 Å². The molecule has 0 radical (unpaired) electrons. The van der Waals surface area contributed by atoms with Crippen LogP contribution in [0, 0.1) is 6.92 Å². The second-order valence-electron chi connectivity index (χ2n) is 4.89. The van der Waals surface area contributed by atoms with Crippen LogP contribution in [-0.4, -0.2) is 4.98 Å². The van der Waals surface area contributed by atoms with Gasteiger partial charge in [-0.05, 0) is 55.0 Å². The quantitative estimate of drug-likeness (QED) is 0.719. The molecule has 0 fully saturated rings. The summed E-state index contributed by atoms with van der Waals surface area (Å²) in [7, 11) is 0. The molecule has 0 spiro atoms. The van der Waals surface area contributed by atoms with Gasteiger partial charge in [-0.1, -0.05) is 36.4 Å². The molecule has 2 aromatic rings. The van der Waals surface area contributed by atoms with Crippen LogP contribution in [0.5, 0.6) is 0 Å². The number of fused-ring (bicyclic) bond motifs is 1. The Morgan fingerprint density at radius 2 is 1.83 bits per heavy atom. The van der Waals surface area contributed by atoms with Gasteiger partial charge in [0, 0.05) is 5.69 Å². The van der Waals surface area contributed by atoms with Crippen LogP contribution < -0.4 is 0 Å². The van der Waals surface area contributed by atoms with Crippen LogP contribution in [-0.2, 0) is 6.42 Å². The standard InChI is InChI=1S/C17H17N/c1-13-10-11-15-8-5-9-16(17(15)18-13)12-14-6-3-2-4-7-14/h2-4,6-7,10-12H,5,8-9H2,1H3. The molecule has 0 N–H and O–H groups in total. The van der Waals surface area contributed by atoms with Gasteiger partial charge in [0.05, 0.1) is 5.69 Å². The fourth-order valence-electron chi connectivity index (χ4n) is 2.54. The lowest BCUT2D eigenvalue weighted by molar-refractivity contribution is 0.808. The smallest absolute Gasteiger partial charge is 0.0696 e. The zero-order chi connectivity index (χ0) is 12.4. The van der Waals surface area contributed by atoms with Gasteiger partial charge in [0.2, 0.25) is 0 Å². The highest BCUT2D eigenvalue weighted by Crippen LogP contribution is 2.30. The lowest BCUT2D eigenvalue weighted by atomic mass is 9.90. The second-order valence-corrected chi connectivity index (χ2v) is 4.89. The molecular weight excluding hydrogens is 218 g/mol. The number of rotatable bonds is 1. The summed E-state index contributed by atoms with van der Waals surface area (Å²) < 4.78 is 0. The van der Waals surface area contributed by atoms with Crippen molar-refractivity contribution < 1.29 is 0 Å². The molecule has 1 aliphatic rings. The van der Waals surface area contributed by atoms with Crippen LogP contribution in [0.25, 0.3) is 11.6 Å². The number of pyridine rings is 1. The Balaban J connectivity index is 2.06. The van der Waals surface area contributed by atoms with Crippen molar-refractivity contribution in [1.29, 1.82) is 0 Å². The molecule has 18 heavy (non-hydrogen) atoms. The van der Waals surface area contributed by atoms with Crippen molar-refractivity contribution in [2.45, 2.75) is 26.2 Å². The van der Waals surface area contributed by atoms with Crippen molar-refractivity contribution in [3.05, 3.63) is 65.0 Å². The summed E-state index contributed by atoms with van der Waals surface area (Å²) in [6.45, 7) is 2.06. The molecule has 0 bridgehead atoms. The molecule has 1 heterocycles. The molecule has 0 saturated carbocycles. The van der Waals surface area contributed by atoms with Gasteiger partial charge in [-0.2, -0.15) is 0 Å². The van der Waals surface area contributed by atoms with Gasteiger partial charge in [-0.3, -0.25) is 4.98 Å². The highest BCUT2D eigenvalue weighted by Gasteiger charge is 2.15. The number of aryl methyl sites for hydroxylation is 2. The molecular formula is C17H17N. The van der Waals surface area contributed by atoms with Crippen molar-refractivity contribution in [1.82, 2.24) is 4.98 Å². The first kappa shape index (κ1) is 11.2. The molecule has 1 aromatic heterocycles. The van der Waals surface area contributed by atoms with Crippen molar-refractivity contribution in [3.8, 4) is 0 Å². The molecule has 1 aliphatic carbocycles. The monoisotopic (exact) mass is 235 g/mol. The molecule has 90 valence electrons. The zero-order valence-electron chi connectivity index (χ0n) is 10.7. The van der Waals surface area contributed by atoms with Crippen LogP contribution in [0.15, 0.2) is 42.5 Å². The minimum absolute atomic E-state index is 1.11. The summed E-state index contributed by atoms with van der Waals surface area (Å²) in [6.07, 6.45) is 5.81. The Labute approximate surface area is 108 Å². The molecule has 1 heteroatoms. The van der Waals surface area contributed by atoms with Crippen molar-refractivity contribution in [3.63, 3.8) is 0 Å². The summed E-state index contributed by atoms with van der Waals surface area (Å²) in [6, 6.07) is 14.9. The minimum atomic E-state index is 1.11. The summed E-state index contributed by atoms with van der Waals surface area (Å²) in [5.41, 5.74) is 6.36. The molecule has 0 aliphatic heterocycles. The first-order valence-corrected chi connectivity index (χ1v) is 6.55. The van der Waals surface area contributed by atoms with Gasteiger partial charge in [0.1, 0.15) is 0 Å². The van der Waals surface area contributed by atoms with Crippen LogP contribution in [0.3, 0.4) is 0 Å². The number of hydrogen-bond acceptors (Lipinski definition) is 1. The molecule has 1 aromatic carbocycles. The second kappa shape index (κ2) is 4.77. The van der Waals surface area contributed by atoms with E-state index in [1.54, 1.807) is 0 Å². The minimum Gasteiger partial charge on any atom is -0.253 e. The Bertz CT molecular complexity index is 582. The first-order valence-electron chi connectivity index (χ1n) is 6.55. The van der Waals surface area contributed by atoms with E-state index in [2.05, 4.69) is 55.5 Å². The molecule has 0 atom stereocenters. The van der Waals surface area contributed by atoms with Gasteiger partial charge in [0.15, 0.2) is 0 Å². The highest BCUT2D eigenvalue weighted by atomic mass is 14.7. The first-order chi connectivity index (χ1) is 8.83.